The molecule has 0 aliphatic carbocycles. The highest BCUT2D eigenvalue weighted by Crippen LogP contribution is 2.26. The summed E-state index contributed by atoms with van der Waals surface area (Å²) in [6, 6.07) is 1.77. The fraction of sp³-hybridized carbons (Fsp3) is 0.182. The molecule has 0 aliphatic heterocycles. The summed E-state index contributed by atoms with van der Waals surface area (Å²) in [6.45, 7) is 1.69. The van der Waals surface area contributed by atoms with E-state index in [-0.39, 0.29) is 28.0 Å². The fourth-order valence-corrected chi connectivity index (χ4v) is 2.28. The second kappa shape index (κ2) is 5.04. The average Bonchev–Trinajstić information content (AvgIpc) is 2.71. The van der Waals surface area contributed by atoms with E-state index in [0.29, 0.717) is 6.07 Å². The van der Waals surface area contributed by atoms with Crippen LogP contribution in [0, 0.1) is 11.6 Å². The smallest absolute Gasteiger partial charge is 0.358 e. The Bertz CT molecular complexity index is 634. The Balaban J connectivity index is 2.69. The van der Waals surface area contributed by atoms with Crippen LogP contribution in [0.25, 0.3) is 5.69 Å². The number of aromatic carboxylic acids is 1. The number of carboxylic acids is 1. The van der Waals surface area contributed by atoms with Crippen LogP contribution >= 0.6 is 15.9 Å². The van der Waals surface area contributed by atoms with Gasteiger partial charge in [-0.05, 0) is 28.4 Å². The van der Waals surface area contributed by atoms with Gasteiger partial charge in [-0.25, -0.2) is 18.3 Å². The molecule has 0 radical (unpaired) electrons. The van der Waals surface area contributed by atoms with Crippen LogP contribution in [-0.2, 0) is 6.42 Å². The summed E-state index contributed by atoms with van der Waals surface area (Å²) >= 11 is 3.03. The van der Waals surface area contributed by atoms with E-state index in [2.05, 4.69) is 26.2 Å². The second-order valence-electron chi connectivity index (χ2n) is 3.67. The molecule has 0 aliphatic rings. The summed E-state index contributed by atoms with van der Waals surface area (Å²) in [6.07, 6.45) is 0.290. The van der Waals surface area contributed by atoms with E-state index in [1.54, 1.807) is 6.92 Å². The molecular weight excluding hydrogens is 324 g/mol. The monoisotopic (exact) mass is 331 g/mol. The van der Waals surface area contributed by atoms with E-state index in [1.807, 2.05) is 0 Å². The van der Waals surface area contributed by atoms with Crippen molar-refractivity contribution >= 4 is 21.9 Å². The first-order valence-electron chi connectivity index (χ1n) is 5.28. The van der Waals surface area contributed by atoms with Crippen molar-refractivity contribution in [2.75, 3.05) is 0 Å². The Morgan fingerprint density at radius 2 is 2.16 bits per heavy atom. The van der Waals surface area contributed by atoms with Gasteiger partial charge in [-0.3, -0.25) is 0 Å². The first-order chi connectivity index (χ1) is 8.95. The van der Waals surface area contributed by atoms with Gasteiger partial charge in [-0.1, -0.05) is 12.1 Å². The number of benzene rings is 1. The molecule has 0 saturated heterocycles. The molecule has 8 heteroatoms. The van der Waals surface area contributed by atoms with E-state index in [9.17, 15) is 13.6 Å². The van der Waals surface area contributed by atoms with Crippen LogP contribution in [-0.4, -0.2) is 26.1 Å². The molecule has 2 aromatic rings. The van der Waals surface area contributed by atoms with Gasteiger partial charge < -0.3 is 5.11 Å². The number of hydrogen-bond donors (Lipinski definition) is 1. The van der Waals surface area contributed by atoms with Crippen molar-refractivity contribution in [2.24, 2.45) is 0 Å². The van der Waals surface area contributed by atoms with Crippen LogP contribution < -0.4 is 0 Å². The van der Waals surface area contributed by atoms with Gasteiger partial charge >= 0.3 is 5.97 Å². The summed E-state index contributed by atoms with van der Waals surface area (Å²) in [5.41, 5.74) is -0.0879. The maximum absolute atomic E-state index is 13.8. The summed E-state index contributed by atoms with van der Waals surface area (Å²) < 4.78 is 28.0. The van der Waals surface area contributed by atoms with Gasteiger partial charge in [-0.15, -0.1) is 5.10 Å². The van der Waals surface area contributed by atoms with E-state index < -0.39 is 17.6 Å². The van der Waals surface area contributed by atoms with Crippen LogP contribution in [0.1, 0.15) is 23.1 Å². The Morgan fingerprint density at radius 1 is 1.47 bits per heavy atom. The Kier molecular flexibility index (Phi) is 3.61. The van der Waals surface area contributed by atoms with Gasteiger partial charge in [0.15, 0.2) is 11.5 Å². The molecule has 0 bridgehead atoms. The quantitative estimate of drug-likeness (QED) is 0.938. The molecule has 0 unspecified atom stereocenters. The van der Waals surface area contributed by atoms with E-state index >= 15 is 0 Å². The lowest BCUT2D eigenvalue weighted by Gasteiger charge is -2.08. The average molecular weight is 332 g/mol. The third-order valence-corrected chi connectivity index (χ3v) is 3.10. The van der Waals surface area contributed by atoms with Gasteiger partial charge in [0.05, 0.1) is 5.69 Å². The lowest BCUT2D eigenvalue weighted by Crippen LogP contribution is -2.08. The van der Waals surface area contributed by atoms with Crippen LogP contribution in [0.3, 0.4) is 0 Å². The van der Waals surface area contributed by atoms with Crippen molar-refractivity contribution < 1.29 is 18.7 Å². The molecule has 19 heavy (non-hydrogen) atoms. The Labute approximate surface area is 115 Å². The summed E-state index contributed by atoms with van der Waals surface area (Å²) in [4.78, 5) is 11.0. The van der Waals surface area contributed by atoms with Crippen molar-refractivity contribution in [3.63, 3.8) is 0 Å². The molecule has 0 amide bonds. The molecular formula is C11H8BrF2N3O2. The molecule has 0 fully saturated rings. The molecule has 0 spiro atoms. The highest BCUT2D eigenvalue weighted by Gasteiger charge is 2.22. The van der Waals surface area contributed by atoms with Crippen LogP contribution in [0.5, 0.6) is 0 Å². The minimum atomic E-state index is -1.25. The molecule has 0 saturated carbocycles. The molecule has 100 valence electrons. The Morgan fingerprint density at radius 3 is 2.68 bits per heavy atom. The maximum atomic E-state index is 13.8. The highest BCUT2D eigenvalue weighted by molar-refractivity contribution is 9.10. The maximum Gasteiger partial charge on any atom is 0.358 e. The van der Waals surface area contributed by atoms with Crippen molar-refractivity contribution in [2.45, 2.75) is 13.3 Å². The zero-order valence-electron chi connectivity index (χ0n) is 9.69. The predicted molar refractivity (Wildman–Crippen MR) is 65.3 cm³/mol. The number of hydrogen-bond acceptors (Lipinski definition) is 3. The van der Waals surface area contributed by atoms with Gasteiger partial charge in [0.25, 0.3) is 0 Å². The molecule has 0 atom stereocenters. The lowest BCUT2D eigenvalue weighted by atomic mass is 10.2. The normalized spacial score (nSPS) is 10.7. The number of aromatic nitrogens is 3. The molecule has 1 aromatic carbocycles. The predicted octanol–water partition coefficient (Wildman–Crippen LogP) is 2.57. The number of carbonyl (C=O) groups is 1. The zero-order chi connectivity index (χ0) is 14.2. The number of carboxylic acid groups (broad SMARTS) is 1. The SMILES string of the molecule is CCc1c(C(=O)O)nnn1-c1c(F)cc(F)cc1Br. The van der Waals surface area contributed by atoms with Crippen molar-refractivity contribution in [1.29, 1.82) is 0 Å². The fourth-order valence-electron chi connectivity index (χ4n) is 1.70. The molecule has 2 rings (SSSR count). The van der Waals surface area contributed by atoms with Crippen LogP contribution in [0.4, 0.5) is 8.78 Å². The number of rotatable bonds is 3. The van der Waals surface area contributed by atoms with Gasteiger partial charge in [0.1, 0.15) is 11.5 Å². The second-order valence-corrected chi connectivity index (χ2v) is 4.53. The third-order valence-electron chi connectivity index (χ3n) is 2.49. The zero-order valence-corrected chi connectivity index (χ0v) is 11.3. The largest absolute Gasteiger partial charge is 0.476 e. The van der Waals surface area contributed by atoms with E-state index in [4.69, 9.17) is 5.11 Å². The minimum absolute atomic E-state index is 0.0711. The summed E-state index contributed by atoms with van der Waals surface area (Å²) in [5.74, 6) is -2.85. The van der Waals surface area contributed by atoms with Crippen molar-refractivity contribution in [3.05, 3.63) is 39.6 Å². The van der Waals surface area contributed by atoms with Gasteiger partial charge in [0.2, 0.25) is 0 Å². The molecule has 1 N–H and O–H groups in total. The molecule has 1 aromatic heterocycles. The summed E-state index contributed by atoms with van der Waals surface area (Å²) in [5, 5.41) is 16.1. The summed E-state index contributed by atoms with van der Waals surface area (Å²) in [7, 11) is 0. The molecule has 1 heterocycles. The van der Waals surface area contributed by atoms with Gasteiger partial charge in [0, 0.05) is 10.5 Å². The van der Waals surface area contributed by atoms with Gasteiger partial charge in [-0.2, -0.15) is 0 Å². The topological polar surface area (TPSA) is 68.0 Å². The Hall–Kier alpha value is -1.83. The van der Waals surface area contributed by atoms with Crippen LogP contribution in [0.2, 0.25) is 0 Å². The number of halogens is 3. The van der Waals surface area contributed by atoms with Crippen LogP contribution in [0.15, 0.2) is 16.6 Å². The lowest BCUT2D eigenvalue weighted by molar-refractivity contribution is 0.0689. The third kappa shape index (κ3) is 2.35. The standard InChI is InChI=1S/C11H8BrF2N3O2/c1-2-8-9(11(18)19)15-16-17(8)10-6(12)3-5(13)4-7(10)14/h3-4H,2H2,1H3,(H,18,19). The highest BCUT2D eigenvalue weighted by atomic mass is 79.9. The first kappa shape index (κ1) is 13.6. The molecule has 5 nitrogen and oxygen atoms in total. The minimum Gasteiger partial charge on any atom is -0.476 e. The first-order valence-corrected chi connectivity index (χ1v) is 6.07. The van der Waals surface area contributed by atoms with Crippen molar-refractivity contribution in [1.82, 2.24) is 15.0 Å². The number of nitrogens with zero attached hydrogens (tertiary/aromatic N) is 3. The van der Waals surface area contributed by atoms with E-state index in [1.165, 1.54) is 0 Å². The van der Waals surface area contributed by atoms with Crippen molar-refractivity contribution in [3.8, 4) is 5.69 Å². The van der Waals surface area contributed by atoms with E-state index in [0.717, 1.165) is 10.7 Å².